The van der Waals surface area contributed by atoms with Crippen molar-refractivity contribution in [1.29, 1.82) is 0 Å². The minimum absolute atomic E-state index is 0.397. The quantitative estimate of drug-likeness (QED) is 0.537. The Morgan fingerprint density at radius 3 is 2.36 bits per heavy atom. The van der Waals surface area contributed by atoms with Gasteiger partial charge in [0.05, 0.1) is 0 Å². The summed E-state index contributed by atoms with van der Waals surface area (Å²) in [5.74, 6) is 0.397. The van der Waals surface area contributed by atoms with Crippen molar-refractivity contribution in [2.75, 3.05) is 0 Å². The Labute approximate surface area is 69.5 Å². The lowest BCUT2D eigenvalue weighted by Gasteiger charge is -1.98. The van der Waals surface area contributed by atoms with Gasteiger partial charge in [-0.3, -0.25) is 4.79 Å². The van der Waals surface area contributed by atoms with Gasteiger partial charge in [-0.1, -0.05) is 12.5 Å². The van der Waals surface area contributed by atoms with E-state index in [0.717, 1.165) is 32.1 Å². The van der Waals surface area contributed by atoms with E-state index in [2.05, 4.69) is 6.58 Å². The summed E-state index contributed by atoms with van der Waals surface area (Å²) in [7, 11) is 0. The second kappa shape index (κ2) is 6.14. The molecule has 0 amide bonds. The molecule has 64 valence electrons. The van der Waals surface area contributed by atoms with Gasteiger partial charge in [-0.15, -0.1) is 6.58 Å². The molecule has 1 nitrogen and oxygen atoms in total. The lowest BCUT2D eigenvalue weighted by atomic mass is 10.1. The molecule has 0 N–H and O–H groups in total. The van der Waals surface area contributed by atoms with Crippen molar-refractivity contribution < 1.29 is 4.79 Å². The van der Waals surface area contributed by atoms with Crippen LogP contribution in [0.25, 0.3) is 0 Å². The van der Waals surface area contributed by atoms with Crippen LogP contribution in [-0.4, -0.2) is 5.78 Å². The molecule has 0 spiro atoms. The number of rotatable bonds is 6. The van der Waals surface area contributed by atoms with Gasteiger partial charge < -0.3 is 0 Å². The zero-order valence-electron chi connectivity index (χ0n) is 7.65. The molecule has 0 heterocycles. The largest absolute Gasteiger partial charge is 0.300 e. The smallest absolute Gasteiger partial charge is 0.132 e. The molecule has 0 saturated carbocycles. The molecular weight excluding hydrogens is 136 g/mol. The normalized spacial score (nSPS) is 9.64. The molecular formula is C10H18O. The van der Waals surface area contributed by atoms with E-state index in [0.29, 0.717) is 5.78 Å². The molecule has 0 atom stereocenters. The Hall–Kier alpha value is -0.590. The van der Waals surface area contributed by atoms with Crippen LogP contribution in [0.1, 0.15) is 46.0 Å². The molecule has 0 aliphatic rings. The minimum Gasteiger partial charge on any atom is -0.300 e. The lowest BCUT2D eigenvalue weighted by Crippen LogP contribution is -1.96. The van der Waals surface area contributed by atoms with Gasteiger partial charge in [0.25, 0.3) is 0 Å². The molecule has 0 rings (SSSR count). The standard InChI is InChI=1S/C10H18O/c1-4-6-10(11)8-5-7-9(2)3/h2,4-8H2,1,3H3. The van der Waals surface area contributed by atoms with Gasteiger partial charge in [0.2, 0.25) is 0 Å². The van der Waals surface area contributed by atoms with Gasteiger partial charge in [-0.05, 0) is 26.2 Å². The first kappa shape index (κ1) is 10.4. The van der Waals surface area contributed by atoms with Crippen molar-refractivity contribution in [3.8, 4) is 0 Å². The molecule has 1 heteroatoms. The Kier molecular flexibility index (Phi) is 5.81. The van der Waals surface area contributed by atoms with Gasteiger partial charge in [0, 0.05) is 12.8 Å². The summed E-state index contributed by atoms with van der Waals surface area (Å²) in [5.41, 5.74) is 1.18. The van der Waals surface area contributed by atoms with Crippen LogP contribution in [0, 0.1) is 0 Å². The Bertz CT molecular complexity index is 136. The van der Waals surface area contributed by atoms with E-state index in [-0.39, 0.29) is 0 Å². The monoisotopic (exact) mass is 154 g/mol. The second-order valence-electron chi connectivity index (χ2n) is 3.10. The Balaban J connectivity index is 3.24. The van der Waals surface area contributed by atoms with Gasteiger partial charge in [0.15, 0.2) is 0 Å². The highest BCUT2D eigenvalue weighted by Gasteiger charge is 1.98. The first-order valence-electron chi connectivity index (χ1n) is 4.33. The van der Waals surface area contributed by atoms with Crippen molar-refractivity contribution in [2.24, 2.45) is 0 Å². The Morgan fingerprint density at radius 2 is 1.91 bits per heavy atom. The molecule has 0 aliphatic carbocycles. The third-order valence-corrected chi connectivity index (χ3v) is 1.59. The van der Waals surface area contributed by atoms with E-state index in [4.69, 9.17) is 0 Å². The zero-order valence-corrected chi connectivity index (χ0v) is 7.65. The summed E-state index contributed by atoms with van der Waals surface area (Å²) < 4.78 is 0. The summed E-state index contributed by atoms with van der Waals surface area (Å²) in [6.07, 6.45) is 4.44. The van der Waals surface area contributed by atoms with Crippen LogP contribution in [0.2, 0.25) is 0 Å². The highest BCUT2D eigenvalue weighted by atomic mass is 16.1. The molecule has 0 saturated heterocycles. The first-order valence-corrected chi connectivity index (χ1v) is 4.33. The fourth-order valence-corrected chi connectivity index (χ4v) is 0.991. The van der Waals surface area contributed by atoms with Crippen LogP contribution in [-0.2, 0) is 4.79 Å². The third-order valence-electron chi connectivity index (χ3n) is 1.59. The van der Waals surface area contributed by atoms with Crippen LogP contribution in [0.4, 0.5) is 0 Å². The first-order chi connectivity index (χ1) is 5.16. The van der Waals surface area contributed by atoms with Gasteiger partial charge in [-0.25, -0.2) is 0 Å². The predicted molar refractivity (Wildman–Crippen MR) is 48.6 cm³/mol. The van der Waals surface area contributed by atoms with Crippen molar-refractivity contribution in [2.45, 2.75) is 46.0 Å². The number of carbonyl (C=O) groups excluding carboxylic acids is 1. The number of Topliss-reactive ketones (excluding diaryl/α,β-unsaturated/α-hetero) is 1. The highest BCUT2D eigenvalue weighted by molar-refractivity contribution is 5.78. The van der Waals surface area contributed by atoms with E-state index >= 15 is 0 Å². The van der Waals surface area contributed by atoms with Gasteiger partial charge >= 0.3 is 0 Å². The molecule has 0 radical (unpaired) electrons. The number of ketones is 1. The highest BCUT2D eigenvalue weighted by Crippen LogP contribution is 2.05. The number of hydrogen-bond acceptors (Lipinski definition) is 1. The molecule has 0 bridgehead atoms. The summed E-state index contributed by atoms with van der Waals surface area (Å²) >= 11 is 0. The molecule has 0 aromatic heterocycles. The predicted octanol–water partition coefficient (Wildman–Crippen LogP) is 3.10. The van der Waals surface area contributed by atoms with Crippen LogP contribution in [0.5, 0.6) is 0 Å². The topological polar surface area (TPSA) is 17.1 Å². The zero-order chi connectivity index (χ0) is 8.69. The molecule has 0 fully saturated rings. The fourth-order valence-electron chi connectivity index (χ4n) is 0.991. The van der Waals surface area contributed by atoms with Crippen molar-refractivity contribution in [1.82, 2.24) is 0 Å². The SMILES string of the molecule is C=C(C)CCCC(=O)CCC. The van der Waals surface area contributed by atoms with Crippen molar-refractivity contribution in [3.05, 3.63) is 12.2 Å². The Morgan fingerprint density at radius 1 is 1.27 bits per heavy atom. The fraction of sp³-hybridized carbons (Fsp3) is 0.700. The van der Waals surface area contributed by atoms with Crippen LogP contribution in [0.15, 0.2) is 12.2 Å². The van der Waals surface area contributed by atoms with E-state index in [9.17, 15) is 4.79 Å². The maximum absolute atomic E-state index is 11.0. The maximum Gasteiger partial charge on any atom is 0.132 e. The average Bonchev–Trinajstić information content (AvgIpc) is 1.87. The van der Waals surface area contributed by atoms with Gasteiger partial charge in [0.1, 0.15) is 5.78 Å². The molecule has 0 aromatic carbocycles. The van der Waals surface area contributed by atoms with Crippen LogP contribution < -0.4 is 0 Å². The third kappa shape index (κ3) is 7.31. The number of allylic oxidation sites excluding steroid dienone is 1. The minimum atomic E-state index is 0.397. The van der Waals surface area contributed by atoms with E-state index in [1.807, 2.05) is 13.8 Å². The van der Waals surface area contributed by atoms with E-state index < -0.39 is 0 Å². The summed E-state index contributed by atoms with van der Waals surface area (Å²) in [6.45, 7) is 7.83. The van der Waals surface area contributed by atoms with E-state index in [1.165, 1.54) is 5.57 Å². The lowest BCUT2D eigenvalue weighted by molar-refractivity contribution is -0.119. The van der Waals surface area contributed by atoms with Crippen LogP contribution in [0.3, 0.4) is 0 Å². The number of carbonyl (C=O) groups is 1. The molecule has 0 aliphatic heterocycles. The molecule has 0 aromatic rings. The number of hydrogen-bond donors (Lipinski definition) is 0. The van der Waals surface area contributed by atoms with Crippen molar-refractivity contribution >= 4 is 5.78 Å². The summed E-state index contributed by atoms with van der Waals surface area (Å²) in [5, 5.41) is 0. The maximum atomic E-state index is 11.0. The summed E-state index contributed by atoms with van der Waals surface area (Å²) in [6, 6.07) is 0. The molecule has 0 unspecified atom stereocenters. The second-order valence-corrected chi connectivity index (χ2v) is 3.10. The van der Waals surface area contributed by atoms with Crippen LogP contribution >= 0.6 is 0 Å². The van der Waals surface area contributed by atoms with E-state index in [1.54, 1.807) is 0 Å². The van der Waals surface area contributed by atoms with Crippen molar-refractivity contribution in [3.63, 3.8) is 0 Å². The van der Waals surface area contributed by atoms with Gasteiger partial charge in [-0.2, -0.15) is 0 Å². The average molecular weight is 154 g/mol. The molecule has 11 heavy (non-hydrogen) atoms. The summed E-state index contributed by atoms with van der Waals surface area (Å²) in [4.78, 5) is 11.0.